The molecule has 0 bridgehead atoms. The SMILES string of the molecule is O=C(c1ccc(C(F)F)nc1)C1CC1. The van der Waals surface area contributed by atoms with E-state index in [2.05, 4.69) is 4.98 Å². The molecule has 1 saturated carbocycles. The van der Waals surface area contributed by atoms with Crippen LogP contribution in [0.15, 0.2) is 18.3 Å². The molecule has 1 fully saturated rings. The molecule has 0 aromatic carbocycles. The number of hydrogen-bond acceptors (Lipinski definition) is 2. The van der Waals surface area contributed by atoms with E-state index in [0.29, 0.717) is 5.56 Å². The van der Waals surface area contributed by atoms with E-state index in [9.17, 15) is 13.6 Å². The third kappa shape index (κ3) is 1.78. The van der Waals surface area contributed by atoms with Crippen LogP contribution in [0.3, 0.4) is 0 Å². The fraction of sp³-hybridized carbons (Fsp3) is 0.400. The highest BCUT2D eigenvalue weighted by Gasteiger charge is 2.30. The maximum atomic E-state index is 12.1. The van der Waals surface area contributed by atoms with Crippen LogP contribution in [-0.2, 0) is 0 Å². The van der Waals surface area contributed by atoms with Gasteiger partial charge in [0.2, 0.25) is 0 Å². The van der Waals surface area contributed by atoms with Gasteiger partial charge in [0.25, 0.3) is 6.43 Å². The summed E-state index contributed by atoms with van der Waals surface area (Å²) >= 11 is 0. The van der Waals surface area contributed by atoms with Gasteiger partial charge in [0.1, 0.15) is 5.69 Å². The van der Waals surface area contributed by atoms with E-state index < -0.39 is 6.43 Å². The Hall–Kier alpha value is -1.32. The number of alkyl halides is 2. The number of aromatic nitrogens is 1. The first-order chi connectivity index (χ1) is 6.68. The van der Waals surface area contributed by atoms with Crippen LogP contribution in [0.5, 0.6) is 0 Å². The highest BCUT2D eigenvalue weighted by Crippen LogP contribution is 2.32. The average Bonchev–Trinajstić information content (AvgIpc) is 3.00. The molecule has 0 spiro atoms. The van der Waals surface area contributed by atoms with Crippen LogP contribution in [0.2, 0.25) is 0 Å². The Morgan fingerprint density at radius 3 is 2.57 bits per heavy atom. The molecule has 1 aromatic heterocycles. The smallest absolute Gasteiger partial charge is 0.280 e. The second-order valence-corrected chi connectivity index (χ2v) is 3.41. The molecule has 1 aromatic rings. The van der Waals surface area contributed by atoms with Crippen molar-refractivity contribution >= 4 is 5.78 Å². The molecule has 0 radical (unpaired) electrons. The van der Waals surface area contributed by atoms with E-state index in [1.165, 1.54) is 18.3 Å². The van der Waals surface area contributed by atoms with Crippen molar-refractivity contribution in [2.45, 2.75) is 19.3 Å². The molecular weight excluding hydrogens is 188 g/mol. The molecule has 2 nitrogen and oxygen atoms in total. The number of carbonyl (C=O) groups excluding carboxylic acids is 1. The summed E-state index contributed by atoms with van der Waals surface area (Å²) in [5.74, 6) is 0.132. The Morgan fingerprint density at radius 2 is 2.14 bits per heavy atom. The lowest BCUT2D eigenvalue weighted by molar-refractivity contribution is 0.0966. The Morgan fingerprint density at radius 1 is 1.43 bits per heavy atom. The van der Waals surface area contributed by atoms with Gasteiger partial charge in [0, 0.05) is 17.7 Å². The van der Waals surface area contributed by atoms with E-state index in [4.69, 9.17) is 0 Å². The normalized spacial score (nSPS) is 15.9. The first kappa shape index (κ1) is 9.24. The standard InChI is InChI=1S/C10H9F2NO/c11-10(12)8-4-3-7(5-13-8)9(14)6-1-2-6/h3-6,10H,1-2H2. The molecule has 1 heterocycles. The molecule has 14 heavy (non-hydrogen) atoms. The molecular formula is C10H9F2NO. The maximum absolute atomic E-state index is 12.1. The Bertz CT molecular complexity index is 344. The van der Waals surface area contributed by atoms with Crippen LogP contribution < -0.4 is 0 Å². The van der Waals surface area contributed by atoms with Crippen LogP contribution >= 0.6 is 0 Å². The minimum absolute atomic E-state index is 0.0262. The van der Waals surface area contributed by atoms with Gasteiger partial charge in [0.05, 0.1) is 0 Å². The topological polar surface area (TPSA) is 30.0 Å². The van der Waals surface area contributed by atoms with Gasteiger partial charge >= 0.3 is 0 Å². The molecule has 0 N–H and O–H groups in total. The molecule has 1 aliphatic carbocycles. The number of Topliss-reactive ketones (excluding diaryl/α,β-unsaturated/α-hetero) is 1. The molecule has 1 aliphatic rings. The van der Waals surface area contributed by atoms with Crippen LogP contribution in [-0.4, -0.2) is 10.8 Å². The van der Waals surface area contributed by atoms with Gasteiger partial charge in [-0.1, -0.05) is 0 Å². The number of carbonyl (C=O) groups is 1. The largest absolute Gasteiger partial charge is 0.294 e. The number of pyridine rings is 1. The van der Waals surface area contributed by atoms with Gasteiger partial charge in [-0.05, 0) is 25.0 Å². The number of hydrogen-bond donors (Lipinski definition) is 0. The van der Waals surface area contributed by atoms with E-state index >= 15 is 0 Å². The first-order valence-electron chi connectivity index (χ1n) is 4.47. The molecule has 0 aliphatic heterocycles. The lowest BCUT2D eigenvalue weighted by Gasteiger charge is -2.00. The second kappa shape index (κ2) is 3.44. The fourth-order valence-corrected chi connectivity index (χ4v) is 1.26. The van der Waals surface area contributed by atoms with Crippen molar-refractivity contribution in [1.29, 1.82) is 0 Å². The average molecular weight is 197 g/mol. The highest BCUT2D eigenvalue weighted by atomic mass is 19.3. The van der Waals surface area contributed by atoms with Crippen molar-refractivity contribution < 1.29 is 13.6 Å². The van der Waals surface area contributed by atoms with Crippen molar-refractivity contribution in [2.75, 3.05) is 0 Å². The number of halogens is 2. The second-order valence-electron chi connectivity index (χ2n) is 3.41. The zero-order valence-electron chi connectivity index (χ0n) is 7.41. The van der Waals surface area contributed by atoms with Crippen LogP contribution in [0, 0.1) is 5.92 Å². The quantitative estimate of drug-likeness (QED) is 0.697. The fourth-order valence-electron chi connectivity index (χ4n) is 1.26. The Balaban J connectivity index is 2.16. The van der Waals surface area contributed by atoms with Crippen LogP contribution in [0.25, 0.3) is 0 Å². The van der Waals surface area contributed by atoms with Crippen molar-refractivity contribution in [3.05, 3.63) is 29.6 Å². The molecule has 0 atom stereocenters. The summed E-state index contributed by atoms with van der Waals surface area (Å²) in [6.45, 7) is 0. The molecule has 4 heteroatoms. The Labute approximate surface area is 80.0 Å². The molecule has 74 valence electrons. The number of nitrogens with zero attached hydrogens (tertiary/aromatic N) is 1. The Kier molecular flexibility index (Phi) is 2.27. The number of rotatable bonds is 3. The summed E-state index contributed by atoms with van der Waals surface area (Å²) in [5, 5.41) is 0. The summed E-state index contributed by atoms with van der Waals surface area (Å²) in [6.07, 6.45) is 0.493. The minimum atomic E-state index is -2.57. The predicted octanol–water partition coefficient (Wildman–Crippen LogP) is 2.61. The van der Waals surface area contributed by atoms with Gasteiger partial charge in [-0.15, -0.1) is 0 Å². The summed E-state index contributed by atoms with van der Waals surface area (Å²) < 4.78 is 24.2. The van der Waals surface area contributed by atoms with Crippen molar-refractivity contribution in [3.8, 4) is 0 Å². The van der Waals surface area contributed by atoms with Crippen molar-refractivity contribution in [2.24, 2.45) is 5.92 Å². The van der Waals surface area contributed by atoms with Crippen molar-refractivity contribution in [3.63, 3.8) is 0 Å². The lowest BCUT2D eigenvalue weighted by Crippen LogP contribution is -2.02. The maximum Gasteiger partial charge on any atom is 0.280 e. The van der Waals surface area contributed by atoms with Crippen LogP contribution in [0.4, 0.5) is 8.78 Å². The van der Waals surface area contributed by atoms with Gasteiger partial charge < -0.3 is 0 Å². The van der Waals surface area contributed by atoms with Crippen molar-refractivity contribution in [1.82, 2.24) is 4.98 Å². The highest BCUT2D eigenvalue weighted by molar-refractivity contribution is 5.98. The van der Waals surface area contributed by atoms with Gasteiger partial charge in [-0.3, -0.25) is 9.78 Å². The molecule has 0 saturated heterocycles. The molecule has 0 amide bonds. The summed E-state index contributed by atoms with van der Waals surface area (Å²) in [6, 6.07) is 2.63. The van der Waals surface area contributed by atoms with Gasteiger partial charge in [-0.25, -0.2) is 8.78 Å². The zero-order valence-corrected chi connectivity index (χ0v) is 7.41. The third-order valence-corrected chi connectivity index (χ3v) is 2.24. The van der Waals surface area contributed by atoms with Gasteiger partial charge in [0.15, 0.2) is 5.78 Å². The molecule has 2 rings (SSSR count). The van der Waals surface area contributed by atoms with E-state index in [1.54, 1.807) is 0 Å². The third-order valence-electron chi connectivity index (χ3n) is 2.24. The molecule has 0 unspecified atom stereocenters. The first-order valence-corrected chi connectivity index (χ1v) is 4.47. The predicted molar refractivity (Wildman–Crippen MR) is 46.2 cm³/mol. The van der Waals surface area contributed by atoms with Crippen LogP contribution in [0.1, 0.15) is 35.3 Å². The zero-order chi connectivity index (χ0) is 10.1. The monoisotopic (exact) mass is 197 g/mol. The summed E-state index contributed by atoms with van der Waals surface area (Å²) in [5.41, 5.74) is 0.161. The van der Waals surface area contributed by atoms with E-state index in [-0.39, 0.29) is 17.4 Å². The van der Waals surface area contributed by atoms with Gasteiger partial charge in [-0.2, -0.15) is 0 Å². The summed E-state index contributed by atoms with van der Waals surface area (Å²) in [4.78, 5) is 15.0. The summed E-state index contributed by atoms with van der Waals surface area (Å²) in [7, 11) is 0. The minimum Gasteiger partial charge on any atom is -0.294 e. The number of ketones is 1. The van der Waals surface area contributed by atoms with E-state index in [0.717, 1.165) is 12.8 Å². The lowest BCUT2D eigenvalue weighted by atomic mass is 10.1. The van der Waals surface area contributed by atoms with E-state index in [1.807, 2.05) is 0 Å².